The summed E-state index contributed by atoms with van der Waals surface area (Å²) in [5.74, 6) is 1.93. The number of methoxy groups -OCH3 is 1. The van der Waals surface area contributed by atoms with E-state index in [2.05, 4.69) is 26.1 Å². The van der Waals surface area contributed by atoms with Crippen molar-refractivity contribution in [3.8, 4) is 17.0 Å². The number of halogens is 1. The number of piperazine rings is 1. The van der Waals surface area contributed by atoms with Crippen molar-refractivity contribution >= 4 is 29.0 Å². The zero-order valence-corrected chi connectivity index (χ0v) is 20.7. The number of ether oxygens (including phenoxy) is 1. The number of amides is 1. The molecule has 0 saturated carbocycles. The number of benzene rings is 2. The van der Waals surface area contributed by atoms with E-state index in [9.17, 15) is 4.79 Å². The third-order valence-electron chi connectivity index (χ3n) is 6.90. The van der Waals surface area contributed by atoms with E-state index in [1.165, 1.54) is 0 Å². The van der Waals surface area contributed by atoms with Crippen LogP contribution >= 0.6 is 11.6 Å². The predicted octanol–water partition coefficient (Wildman–Crippen LogP) is 4.37. The van der Waals surface area contributed by atoms with Crippen LogP contribution in [0.1, 0.15) is 12.8 Å². The van der Waals surface area contributed by atoms with E-state index in [0.29, 0.717) is 11.6 Å². The van der Waals surface area contributed by atoms with Gasteiger partial charge in [0.2, 0.25) is 5.91 Å². The Morgan fingerprint density at radius 1 is 0.914 bits per heavy atom. The molecule has 1 aromatic heterocycles. The topological polar surface area (TPSA) is 61.8 Å². The van der Waals surface area contributed by atoms with Gasteiger partial charge in [0, 0.05) is 49.9 Å². The molecule has 0 bridgehead atoms. The zero-order valence-electron chi connectivity index (χ0n) is 19.9. The summed E-state index contributed by atoms with van der Waals surface area (Å²) in [6.07, 6.45) is 1.89. The van der Waals surface area contributed by atoms with E-state index in [0.717, 1.165) is 74.1 Å². The molecule has 8 heteroatoms. The molecular weight excluding hydrogens is 462 g/mol. The lowest BCUT2D eigenvalue weighted by molar-refractivity contribution is -0.136. The molecule has 1 amide bonds. The highest BCUT2D eigenvalue weighted by atomic mass is 35.5. The molecule has 2 saturated heterocycles. The molecular formula is C27H30ClN5O2. The number of anilines is 2. The SMILES string of the molecule is COc1ccccc1N1CCN(C(=O)C2CCCN(c3ccc(-c4ccc(Cl)cc4)nn3)C2)CC1. The first-order valence-corrected chi connectivity index (χ1v) is 12.5. The summed E-state index contributed by atoms with van der Waals surface area (Å²) in [6.45, 7) is 4.63. The fourth-order valence-electron chi connectivity index (χ4n) is 4.97. The Bertz CT molecular complexity index is 1150. The minimum absolute atomic E-state index is 0.0145. The molecule has 182 valence electrons. The Hall–Kier alpha value is -3.32. The van der Waals surface area contributed by atoms with Crippen LogP contribution in [-0.2, 0) is 4.79 Å². The fourth-order valence-corrected chi connectivity index (χ4v) is 5.10. The highest BCUT2D eigenvalue weighted by molar-refractivity contribution is 6.30. The third kappa shape index (κ3) is 5.20. The minimum atomic E-state index is -0.0145. The van der Waals surface area contributed by atoms with E-state index < -0.39 is 0 Å². The minimum Gasteiger partial charge on any atom is -0.495 e. The largest absolute Gasteiger partial charge is 0.495 e. The van der Waals surface area contributed by atoms with Crippen molar-refractivity contribution < 1.29 is 9.53 Å². The molecule has 35 heavy (non-hydrogen) atoms. The van der Waals surface area contributed by atoms with Crippen molar-refractivity contribution in [1.29, 1.82) is 0 Å². The van der Waals surface area contributed by atoms with E-state index in [1.54, 1.807) is 7.11 Å². The quantitative estimate of drug-likeness (QED) is 0.528. The van der Waals surface area contributed by atoms with Gasteiger partial charge in [-0.1, -0.05) is 35.9 Å². The summed E-state index contributed by atoms with van der Waals surface area (Å²) in [5.41, 5.74) is 2.88. The second kappa shape index (κ2) is 10.5. The van der Waals surface area contributed by atoms with Crippen molar-refractivity contribution in [1.82, 2.24) is 15.1 Å². The molecule has 0 N–H and O–H groups in total. The summed E-state index contributed by atoms with van der Waals surface area (Å²) in [5, 5.41) is 9.58. The van der Waals surface area contributed by atoms with E-state index >= 15 is 0 Å². The van der Waals surface area contributed by atoms with Crippen LogP contribution in [0, 0.1) is 5.92 Å². The van der Waals surface area contributed by atoms with E-state index in [-0.39, 0.29) is 11.8 Å². The van der Waals surface area contributed by atoms with Crippen LogP contribution in [0.3, 0.4) is 0 Å². The lowest BCUT2D eigenvalue weighted by Gasteiger charge is -2.40. The van der Waals surface area contributed by atoms with Crippen molar-refractivity contribution in [3.05, 3.63) is 65.7 Å². The highest BCUT2D eigenvalue weighted by Crippen LogP contribution is 2.29. The maximum atomic E-state index is 13.4. The number of piperidine rings is 1. The van der Waals surface area contributed by atoms with Gasteiger partial charge in [-0.2, -0.15) is 0 Å². The summed E-state index contributed by atoms with van der Waals surface area (Å²) >= 11 is 5.99. The van der Waals surface area contributed by atoms with Gasteiger partial charge in [-0.25, -0.2) is 0 Å². The Labute approximate surface area is 211 Å². The number of nitrogens with zero attached hydrogens (tertiary/aromatic N) is 5. The molecule has 3 aromatic rings. The van der Waals surface area contributed by atoms with Gasteiger partial charge in [0.15, 0.2) is 5.82 Å². The van der Waals surface area contributed by atoms with Gasteiger partial charge in [0.1, 0.15) is 5.75 Å². The maximum absolute atomic E-state index is 13.4. The molecule has 2 aliphatic rings. The standard InChI is InChI=1S/C27H30ClN5O2/c1-35-25-7-3-2-6-24(25)31-15-17-32(18-16-31)27(34)21-5-4-14-33(19-21)26-13-12-23(29-30-26)20-8-10-22(28)11-9-20/h2-3,6-13,21H,4-5,14-19H2,1H3. The summed E-state index contributed by atoms with van der Waals surface area (Å²) < 4.78 is 5.51. The van der Waals surface area contributed by atoms with Crippen LogP contribution in [0.2, 0.25) is 5.02 Å². The van der Waals surface area contributed by atoms with Crippen molar-refractivity contribution in [3.63, 3.8) is 0 Å². The monoisotopic (exact) mass is 491 g/mol. The number of hydrogen-bond acceptors (Lipinski definition) is 6. The average Bonchev–Trinajstić information content (AvgIpc) is 2.93. The summed E-state index contributed by atoms with van der Waals surface area (Å²) in [6, 6.07) is 19.6. The Morgan fingerprint density at radius 2 is 1.69 bits per heavy atom. The molecule has 2 aliphatic heterocycles. The number of aromatic nitrogens is 2. The van der Waals surface area contributed by atoms with Gasteiger partial charge in [-0.15, -0.1) is 10.2 Å². The molecule has 1 atom stereocenters. The van der Waals surface area contributed by atoms with Crippen LogP contribution in [0.15, 0.2) is 60.7 Å². The predicted molar refractivity (Wildman–Crippen MR) is 139 cm³/mol. The maximum Gasteiger partial charge on any atom is 0.227 e. The lowest BCUT2D eigenvalue weighted by atomic mass is 9.96. The fraction of sp³-hybridized carbons (Fsp3) is 0.370. The molecule has 0 radical (unpaired) electrons. The van der Waals surface area contributed by atoms with Crippen LogP contribution in [0.5, 0.6) is 5.75 Å². The van der Waals surface area contributed by atoms with Crippen LogP contribution in [0.4, 0.5) is 11.5 Å². The molecule has 2 aromatic carbocycles. The van der Waals surface area contributed by atoms with Crippen LogP contribution < -0.4 is 14.5 Å². The van der Waals surface area contributed by atoms with Crippen molar-refractivity contribution in [2.24, 2.45) is 5.92 Å². The molecule has 5 rings (SSSR count). The summed E-state index contributed by atoms with van der Waals surface area (Å²) in [7, 11) is 1.70. The van der Waals surface area contributed by atoms with Crippen LogP contribution in [-0.4, -0.2) is 67.4 Å². The first kappa shape index (κ1) is 23.4. The number of hydrogen-bond donors (Lipinski definition) is 0. The Balaban J connectivity index is 1.19. The zero-order chi connectivity index (χ0) is 24.2. The first-order valence-electron chi connectivity index (χ1n) is 12.1. The Kier molecular flexibility index (Phi) is 7.04. The van der Waals surface area contributed by atoms with Crippen molar-refractivity contribution in [2.75, 3.05) is 56.2 Å². The van der Waals surface area contributed by atoms with Gasteiger partial charge >= 0.3 is 0 Å². The van der Waals surface area contributed by atoms with E-state index in [1.807, 2.05) is 59.5 Å². The molecule has 0 spiro atoms. The normalized spacial score (nSPS) is 18.5. The second-order valence-electron chi connectivity index (χ2n) is 9.05. The van der Waals surface area contributed by atoms with Crippen LogP contribution in [0.25, 0.3) is 11.3 Å². The van der Waals surface area contributed by atoms with Crippen molar-refractivity contribution in [2.45, 2.75) is 12.8 Å². The average molecular weight is 492 g/mol. The van der Waals surface area contributed by atoms with E-state index in [4.69, 9.17) is 16.3 Å². The molecule has 7 nitrogen and oxygen atoms in total. The molecule has 0 aliphatic carbocycles. The third-order valence-corrected chi connectivity index (χ3v) is 7.15. The summed E-state index contributed by atoms with van der Waals surface area (Å²) in [4.78, 5) is 19.9. The smallest absolute Gasteiger partial charge is 0.227 e. The van der Waals surface area contributed by atoms with Gasteiger partial charge < -0.3 is 19.4 Å². The molecule has 2 fully saturated rings. The van der Waals surface area contributed by atoms with Gasteiger partial charge in [-0.3, -0.25) is 4.79 Å². The number of carbonyl (C=O) groups is 1. The van der Waals surface area contributed by atoms with Gasteiger partial charge in [-0.05, 0) is 49.2 Å². The molecule has 1 unspecified atom stereocenters. The second-order valence-corrected chi connectivity index (χ2v) is 9.49. The first-order chi connectivity index (χ1) is 17.1. The van der Waals surface area contributed by atoms with Gasteiger partial charge in [0.05, 0.1) is 24.4 Å². The Morgan fingerprint density at radius 3 is 2.40 bits per heavy atom. The highest BCUT2D eigenvalue weighted by Gasteiger charge is 2.32. The number of para-hydroxylation sites is 2. The number of carbonyl (C=O) groups excluding carboxylic acids is 1. The van der Waals surface area contributed by atoms with Gasteiger partial charge in [0.25, 0.3) is 0 Å². The lowest BCUT2D eigenvalue weighted by Crippen LogP contribution is -2.52. The molecule has 3 heterocycles. The number of rotatable bonds is 5.